The molecule has 1 aliphatic carbocycles. The Balaban J connectivity index is 1.65. The van der Waals surface area contributed by atoms with Crippen LogP contribution in [-0.4, -0.2) is 75.6 Å². The summed E-state index contributed by atoms with van der Waals surface area (Å²) < 4.78 is 6.31. The normalized spacial score (nSPS) is 21.1. The first-order valence-electron chi connectivity index (χ1n) is 11.8. The fourth-order valence-corrected chi connectivity index (χ4v) is 4.50. The van der Waals surface area contributed by atoms with Gasteiger partial charge < -0.3 is 19.6 Å². The number of hydrogen-bond acceptors (Lipinski definition) is 6. The molecule has 4 rings (SSSR count). The van der Waals surface area contributed by atoms with Crippen molar-refractivity contribution in [1.82, 2.24) is 19.8 Å². The predicted molar refractivity (Wildman–Crippen MR) is 128 cm³/mol. The maximum Gasteiger partial charge on any atom is 0.259 e. The van der Waals surface area contributed by atoms with Gasteiger partial charge in [-0.05, 0) is 55.5 Å². The van der Waals surface area contributed by atoms with E-state index in [2.05, 4.69) is 16.0 Å². The molecule has 0 bridgehead atoms. The van der Waals surface area contributed by atoms with Gasteiger partial charge in [0.1, 0.15) is 11.7 Å². The summed E-state index contributed by atoms with van der Waals surface area (Å²) >= 11 is 0. The lowest BCUT2D eigenvalue weighted by Crippen LogP contribution is -2.50. The van der Waals surface area contributed by atoms with Crippen molar-refractivity contribution in [2.75, 3.05) is 26.7 Å². The molecule has 8 heteroatoms. The van der Waals surface area contributed by atoms with Gasteiger partial charge >= 0.3 is 0 Å². The first-order chi connectivity index (χ1) is 16.4. The van der Waals surface area contributed by atoms with Crippen molar-refractivity contribution in [2.45, 2.75) is 45.3 Å². The van der Waals surface area contributed by atoms with Crippen LogP contribution < -0.4 is 4.74 Å². The topological polar surface area (TPSA) is 95.9 Å². The molecule has 2 aromatic heterocycles. The van der Waals surface area contributed by atoms with Crippen molar-refractivity contribution in [1.29, 1.82) is 0 Å². The minimum absolute atomic E-state index is 0.0993. The Kier molecular flexibility index (Phi) is 7.26. The Morgan fingerprint density at radius 1 is 1.35 bits per heavy atom. The second-order valence-corrected chi connectivity index (χ2v) is 9.24. The SMILES string of the molecule is C[C@@H]1CN([C@@H](C)CO)C(=O)c2cc(C3=CCCC3)cnc2O[C@H]1CN(C)C(=O)c1ccncc1. The zero-order valence-electron chi connectivity index (χ0n) is 20.0. The van der Waals surface area contributed by atoms with E-state index in [9.17, 15) is 14.7 Å². The van der Waals surface area contributed by atoms with Crippen molar-refractivity contribution in [3.8, 4) is 5.88 Å². The molecule has 2 amide bonds. The van der Waals surface area contributed by atoms with Gasteiger partial charge in [-0.2, -0.15) is 0 Å². The zero-order chi connectivity index (χ0) is 24.2. The summed E-state index contributed by atoms with van der Waals surface area (Å²) in [5.74, 6) is -0.161. The number of amides is 2. The fourth-order valence-electron chi connectivity index (χ4n) is 4.50. The van der Waals surface area contributed by atoms with Crippen LogP contribution in [0.1, 0.15) is 59.4 Å². The van der Waals surface area contributed by atoms with Gasteiger partial charge in [-0.25, -0.2) is 4.98 Å². The van der Waals surface area contributed by atoms with Gasteiger partial charge in [0.15, 0.2) is 0 Å². The van der Waals surface area contributed by atoms with Gasteiger partial charge in [-0.1, -0.05) is 13.0 Å². The summed E-state index contributed by atoms with van der Waals surface area (Å²) in [7, 11) is 1.74. The Morgan fingerprint density at radius 2 is 2.12 bits per heavy atom. The molecule has 34 heavy (non-hydrogen) atoms. The molecular formula is C26H32N4O4. The molecule has 0 spiro atoms. The molecule has 0 fully saturated rings. The molecule has 180 valence electrons. The van der Waals surface area contributed by atoms with Gasteiger partial charge in [-0.3, -0.25) is 14.6 Å². The molecule has 8 nitrogen and oxygen atoms in total. The average Bonchev–Trinajstić information content (AvgIpc) is 3.40. The van der Waals surface area contributed by atoms with Crippen molar-refractivity contribution in [2.24, 2.45) is 5.92 Å². The minimum atomic E-state index is -0.389. The summed E-state index contributed by atoms with van der Waals surface area (Å²) in [6.07, 6.45) is 9.84. The number of likely N-dealkylation sites (N-methyl/N-ethyl adjacent to an activating group) is 1. The van der Waals surface area contributed by atoms with Crippen molar-refractivity contribution >= 4 is 17.4 Å². The number of aliphatic hydroxyl groups excluding tert-OH is 1. The van der Waals surface area contributed by atoms with Crippen LogP contribution in [0.4, 0.5) is 0 Å². The summed E-state index contributed by atoms with van der Waals surface area (Å²) in [6, 6.07) is 4.87. The number of carbonyl (C=O) groups is 2. The summed E-state index contributed by atoms with van der Waals surface area (Å²) in [5, 5.41) is 9.83. The van der Waals surface area contributed by atoms with Crippen LogP contribution in [0.3, 0.4) is 0 Å². The summed E-state index contributed by atoms with van der Waals surface area (Å²) in [6.45, 7) is 4.40. The van der Waals surface area contributed by atoms with E-state index in [0.717, 1.165) is 24.8 Å². The standard InChI is InChI=1S/C26H32N4O4/c1-17-14-30(18(2)16-31)26(33)22-12-21(19-6-4-5-7-19)13-28-24(22)34-23(17)15-29(3)25(32)20-8-10-27-11-9-20/h6,8-13,17-18,23,31H,4-5,7,14-16H2,1-3H3/t17-,18+,23+/m1/s1. The summed E-state index contributed by atoms with van der Waals surface area (Å²) in [5.41, 5.74) is 3.07. The van der Waals surface area contributed by atoms with Crippen molar-refractivity contribution in [3.63, 3.8) is 0 Å². The van der Waals surface area contributed by atoms with Gasteiger partial charge in [0.2, 0.25) is 5.88 Å². The van der Waals surface area contributed by atoms with Crippen LogP contribution in [0.2, 0.25) is 0 Å². The second-order valence-electron chi connectivity index (χ2n) is 9.24. The first kappa shape index (κ1) is 23.9. The van der Waals surface area contributed by atoms with E-state index in [-0.39, 0.29) is 42.4 Å². The third-order valence-corrected chi connectivity index (χ3v) is 6.66. The lowest BCUT2D eigenvalue weighted by molar-refractivity contribution is 0.0313. The smallest absolute Gasteiger partial charge is 0.259 e. The molecule has 2 aromatic rings. The molecule has 0 saturated carbocycles. The number of allylic oxidation sites excluding steroid dienone is 2. The number of pyridine rings is 2. The minimum Gasteiger partial charge on any atom is -0.472 e. The zero-order valence-corrected chi connectivity index (χ0v) is 20.0. The largest absolute Gasteiger partial charge is 0.472 e. The van der Waals surface area contributed by atoms with Crippen molar-refractivity contribution in [3.05, 3.63) is 59.6 Å². The maximum absolute atomic E-state index is 13.5. The fraction of sp³-hybridized carbons (Fsp3) is 0.462. The molecule has 3 heterocycles. The first-order valence-corrected chi connectivity index (χ1v) is 11.8. The highest BCUT2D eigenvalue weighted by Crippen LogP contribution is 2.32. The maximum atomic E-state index is 13.5. The van der Waals surface area contributed by atoms with Crippen molar-refractivity contribution < 1.29 is 19.4 Å². The number of hydrogen-bond donors (Lipinski definition) is 1. The van der Waals surface area contributed by atoms with E-state index in [1.165, 1.54) is 5.57 Å². The van der Waals surface area contributed by atoms with Crippen LogP contribution in [0.15, 0.2) is 42.9 Å². The number of ether oxygens (including phenoxy) is 1. The third-order valence-electron chi connectivity index (χ3n) is 6.66. The number of nitrogens with zero attached hydrogens (tertiary/aromatic N) is 4. The number of aliphatic hydroxyl groups is 1. The highest BCUT2D eigenvalue weighted by Gasteiger charge is 2.35. The van der Waals surface area contributed by atoms with E-state index in [1.807, 2.05) is 19.9 Å². The third kappa shape index (κ3) is 4.97. The van der Waals surface area contributed by atoms with Crippen LogP contribution in [0.25, 0.3) is 5.57 Å². The van der Waals surface area contributed by atoms with E-state index in [4.69, 9.17) is 4.74 Å². The molecule has 1 aliphatic heterocycles. The Bertz CT molecular complexity index is 1070. The molecule has 3 atom stereocenters. The lowest BCUT2D eigenvalue weighted by Gasteiger charge is -2.37. The molecule has 0 radical (unpaired) electrons. The highest BCUT2D eigenvalue weighted by atomic mass is 16.5. The highest BCUT2D eigenvalue weighted by molar-refractivity contribution is 5.97. The van der Waals surface area contributed by atoms with Crippen LogP contribution in [0, 0.1) is 5.92 Å². The number of aromatic nitrogens is 2. The predicted octanol–water partition coefficient (Wildman–Crippen LogP) is 3.04. The van der Waals surface area contributed by atoms with Crippen LogP contribution >= 0.6 is 0 Å². The lowest BCUT2D eigenvalue weighted by atomic mass is 9.99. The van der Waals surface area contributed by atoms with Gasteiger partial charge in [0, 0.05) is 43.7 Å². The second kappa shape index (κ2) is 10.3. The van der Waals surface area contributed by atoms with Gasteiger partial charge in [-0.15, -0.1) is 0 Å². The summed E-state index contributed by atoms with van der Waals surface area (Å²) in [4.78, 5) is 38.3. The van der Waals surface area contributed by atoms with Crippen LogP contribution in [0.5, 0.6) is 5.88 Å². The Morgan fingerprint density at radius 3 is 2.79 bits per heavy atom. The number of rotatable bonds is 6. The Hall–Kier alpha value is -3.26. The molecule has 0 unspecified atom stereocenters. The Labute approximate surface area is 200 Å². The quantitative estimate of drug-likeness (QED) is 0.706. The van der Waals surface area contributed by atoms with Gasteiger partial charge in [0.25, 0.3) is 11.8 Å². The molecule has 0 aromatic carbocycles. The number of carbonyl (C=O) groups excluding carboxylic acids is 2. The molecule has 0 saturated heterocycles. The van der Waals surface area contributed by atoms with E-state index < -0.39 is 0 Å². The van der Waals surface area contributed by atoms with Gasteiger partial charge in [0.05, 0.1) is 19.2 Å². The van der Waals surface area contributed by atoms with E-state index in [0.29, 0.717) is 24.2 Å². The van der Waals surface area contributed by atoms with E-state index >= 15 is 0 Å². The van der Waals surface area contributed by atoms with E-state index in [1.54, 1.807) is 47.6 Å². The van der Waals surface area contributed by atoms with Crippen LogP contribution in [-0.2, 0) is 0 Å². The average molecular weight is 465 g/mol. The molecular weight excluding hydrogens is 432 g/mol. The number of fused-ring (bicyclic) bond motifs is 1. The molecule has 2 aliphatic rings. The molecule has 1 N–H and O–H groups in total. The monoisotopic (exact) mass is 464 g/mol.